The lowest BCUT2D eigenvalue weighted by atomic mass is 9.92. The zero-order valence-electron chi connectivity index (χ0n) is 10.3. The maximum absolute atomic E-state index is 11.2. The molecule has 100 valence electrons. The van der Waals surface area contributed by atoms with E-state index < -0.39 is 23.6 Å². The van der Waals surface area contributed by atoms with E-state index in [1.54, 1.807) is 30.3 Å². The molecule has 0 saturated heterocycles. The summed E-state index contributed by atoms with van der Waals surface area (Å²) < 4.78 is 0. The number of carboxylic acids is 1. The molecule has 1 aromatic carbocycles. The zero-order chi connectivity index (χ0) is 14.0. The van der Waals surface area contributed by atoms with Crippen molar-refractivity contribution in [2.75, 3.05) is 0 Å². The number of aliphatic carboxylic acids is 1. The SMILES string of the molecule is N#CCC(O)C(O)c1cccc(C2(C(=O)O)CC2)c1. The van der Waals surface area contributed by atoms with Crippen molar-refractivity contribution in [3.8, 4) is 6.07 Å². The second-order valence-corrected chi connectivity index (χ2v) is 4.89. The Morgan fingerprint density at radius 3 is 2.63 bits per heavy atom. The average Bonchev–Trinajstić information content (AvgIpc) is 3.20. The topological polar surface area (TPSA) is 102 Å². The van der Waals surface area contributed by atoms with Crippen LogP contribution in [0.4, 0.5) is 0 Å². The highest BCUT2D eigenvalue weighted by atomic mass is 16.4. The average molecular weight is 261 g/mol. The van der Waals surface area contributed by atoms with Gasteiger partial charge in [0, 0.05) is 0 Å². The van der Waals surface area contributed by atoms with Gasteiger partial charge in [0.1, 0.15) is 6.10 Å². The van der Waals surface area contributed by atoms with Crippen LogP contribution in [0.1, 0.15) is 36.5 Å². The molecular weight excluding hydrogens is 246 g/mol. The molecule has 0 amide bonds. The van der Waals surface area contributed by atoms with Gasteiger partial charge in [-0.05, 0) is 24.0 Å². The van der Waals surface area contributed by atoms with Crippen LogP contribution in [0.5, 0.6) is 0 Å². The predicted molar refractivity (Wildman–Crippen MR) is 66.2 cm³/mol. The van der Waals surface area contributed by atoms with Crippen LogP contribution in [-0.2, 0) is 10.2 Å². The molecule has 3 N–H and O–H groups in total. The van der Waals surface area contributed by atoms with E-state index in [1.165, 1.54) is 0 Å². The fourth-order valence-electron chi connectivity index (χ4n) is 2.20. The van der Waals surface area contributed by atoms with E-state index in [1.807, 2.05) is 0 Å². The number of nitriles is 1. The number of rotatable bonds is 5. The maximum Gasteiger partial charge on any atom is 0.314 e. The van der Waals surface area contributed by atoms with E-state index in [-0.39, 0.29) is 6.42 Å². The molecule has 0 heterocycles. The van der Waals surface area contributed by atoms with Crippen LogP contribution in [0, 0.1) is 11.3 Å². The zero-order valence-corrected chi connectivity index (χ0v) is 10.3. The number of hydrogen-bond acceptors (Lipinski definition) is 4. The number of hydrogen-bond donors (Lipinski definition) is 3. The smallest absolute Gasteiger partial charge is 0.314 e. The van der Waals surface area contributed by atoms with Crippen LogP contribution in [-0.4, -0.2) is 27.4 Å². The molecule has 5 nitrogen and oxygen atoms in total. The quantitative estimate of drug-likeness (QED) is 0.737. The van der Waals surface area contributed by atoms with Crippen molar-refractivity contribution in [2.45, 2.75) is 36.9 Å². The third-order valence-corrected chi connectivity index (χ3v) is 3.61. The first kappa shape index (κ1) is 13.5. The van der Waals surface area contributed by atoms with Gasteiger partial charge < -0.3 is 15.3 Å². The molecule has 2 unspecified atom stereocenters. The van der Waals surface area contributed by atoms with Gasteiger partial charge in [-0.3, -0.25) is 4.79 Å². The summed E-state index contributed by atoms with van der Waals surface area (Å²) in [5.74, 6) is -0.864. The molecule has 0 spiro atoms. The summed E-state index contributed by atoms with van der Waals surface area (Å²) in [5.41, 5.74) is 0.240. The minimum Gasteiger partial charge on any atom is -0.481 e. The minimum absolute atomic E-state index is 0.171. The van der Waals surface area contributed by atoms with Crippen molar-refractivity contribution in [1.82, 2.24) is 0 Å². The Hall–Kier alpha value is -1.90. The summed E-state index contributed by atoms with van der Waals surface area (Å²) in [7, 11) is 0. The number of aliphatic hydroxyl groups excluding tert-OH is 2. The van der Waals surface area contributed by atoms with Gasteiger partial charge in [-0.25, -0.2) is 0 Å². The normalized spacial score (nSPS) is 19.2. The van der Waals surface area contributed by atoms with Gasteiger partial charge in [0.05, 0.1) is 24.0 Å². The molecule has 1 fully saturated rings. The van der Waals surface area contributed by atoms with Crippen LogP contribution in [0.15, 0.2) is 24.3 Å². The van der Waals surface area contributed by atoms with Crippen molar-refractivity contribution in [3.05, 3.63) is 35.4 Å². The fourth-order valence-corrected chi connectivity index (χ4v) is 2.20. The molecule has 0 aromatic heterocycles. The lowest BCUT2D eigenvalue weighted by Gasteiger charge is -2.18. The standard InChI is InChI=1S/C14H15NO4/c15-7-4-11(16)12(17)9-2-1-3-10(8-9)14(5-6-14)13(18)19/h1-3,8,11-12,16-17H,4-6H2,(H,18,19). The molecule has 2 rings (SSSR count). The summed E-state index contributed by atoms with van der Waals surface area (Å²) in [5, 5.41) is 37.2. The van der Waals surface area contributed by atoms with Gasteiger partial charge in [-0.1, -0.05) is 24.3 Å². The summed E-state index contributed by atoms with van der Waals surface area (Å²) in [6.45, 7) is 0. The van der Waals surface area contributed by atoms with Crippen molar-refractivity contribution in [3.63, 3.8) is 0 Å². The molecule has 1 aromatic rings. The third kappa shape index (κ3) is 2.46. The van der Waals surface area contributed by atoms with Crippen LogP contribution < -0.4 is 0 Å². The molecule has 0 radical (unpaired) electrons. The van der Waals surface area contributed by atoms with E-state index in [4.69, 9.17) is 5.26 Å². The number of nitrogens with zero attached hydrogens (tertiary/aromatic N) is 1. The first-order chi connectivity index (χ1) is 9.01. The first-order valence-electron chi connectivity index (χ1n) is 6.08. The molecular formula is C14H15NO4. The lowest BCUT2D eigenvalue weighted by molar-refractivity contribution is -0.140. The van der Waals surface area contributed by atoms with Crippen LogP contribution >= 0.6 is 0 Å². The Labute approximate surface area is 110 Å². The molecule has 0 aliphatic heterocycles. The monoisotopic (exact) mass is 261 g/mol. The summed E-state index contributed by atoms with van der Waals surface area (Å²) in [6.07, 6.45) is -1.34. The van der Waals surface area contributed by atoms with E-state index in [0.29, 0.717) is 24.0 Å². The van der Waals surface area contributed by atoms with E-state index in [0.717, 1.165) is 0 Å². The van der Waals surface area contributed by atoms with Gasteiger partial charge in [-0.2, -0.15) is 5.26 Å². The number of carboxylic acid groups (broad SMARTS) is 1. The molecule has 0 bridgehead atoms. The molecule has 5 heteroatoms. The van der Waals surface area contributed by atoms with E-state index >= 15 is 0 Å². The Morgan fingerprint density at radius 2 is 2.11 bits per heavy atom. The van der Waals surface area contributed by atoms with Gasteiger partial charge in [0.2, 0.25) is 0 Å². The largest absolute Gasteiger partial charge is 0.481 e. The van der Waals surface area contributed by atoms with Crippen molar-refractivity contribution in [1.29, 1.82) is 5.26 Å². The Bertz CT molecular complexity index is 530. The Balaban J connectivity index is 2.26. The first-order valence-corrected chi connectivity index (χ1v) is 6.08. The molecule has 1 aliphatic carbocycles. The van der Waals surface area contributed by atoms with Gasteiger partial charge >= 0.3 is 5.97 Å². The van der Waals surface area contributed by atoms with Crippen LogP contribution in [0.25, 0.3) is 0 Å². The summed E-state index contributed by atoms with van der Waals surface area (Å²) in [4.78, 5) is 11.2. The highest BCUT2D eigenvalue weighted by molar-refractivity contribution is 5.84. The lowest BCUT2D eigenvalue weighted by Crippen LogP contribution is -2.21. The van der Waals surface area contributed by atoms with Gasteiger partial charge in [-0.15, -0.1) is 0 Å². The van der Waals surface area contributed by atoms with Crippen molar-refractivity contribution < 1.29 is 20.1 Å². The maximum atomic E-state index is 11.2. The summed E-state index contributed by atoms with van der Waals surface area (Å²) in [6, 6.07) is 8.39. The predicted octanol–water partition coefficient (Wildman–Crippen LogP) is 1.11. The van der Waals surface area contributed by atoms with E-state index in [2.05, 4.69) is 0 Å². The number of benzene rings is 1. The second kappa shape index (κ2) is 5.00. The number of aliphatic hydroxyl groups is 2. The molecule has 1 saturated carbocycles. The molecule has 1 aliphatic rings. The van der Waals surface area contributed by atoms with E-state index in [9.17, 15) is 20.1 Å². The highest BCUT2D eigenvalue weighted by Crippen LogP contribution is 2.48. The minimum atomic E-state index is -1.18. The van der Waals surface area contributed by atoms with Crippen molar-refractivity contribution >= 4 is 5.97 Å². The molecule has 19 heavy (non-hydrogen) atoms. The van der Waals surface area contributed by atoms with Crippen molar-refractivity contribution in [2.24, 2.45) is 0 Å². The van der Waals surface area contributed by atoms with Crippen LogP contribution in [0.3, 0.4) is 0 Å². The Kier molecular flexibility index (Phi) is 3.56. The Morgan fingerprint density at radius 1 is 1.42 bits per heavy atom. The highest BCUT2D eigenvalue weighted by Gasteiger charge is 2.51. The second-order valence-electron chi connectivity index (χ2n) is 4.89. The van der Waals surface area contributed by atoms with Gasteiger partial charge in [0.15, 0.2) is 0 Å². The van der Waals surface area contributed by atoms with Gasteiger partial charge in [0.25, 0.3) is 0 Å². The fraction of sp³-hybridized carbons (Fsp3) is 0.429. The summed E-state index contributed by atoms with van der Waals surface area (Å²) >= 11 is 0. The van der Waals surface area contributed by atoms with Crippen LogP contribution in [0.2, 0.25) is 0 Å². The number of carbonyl (C=O) groups is 1. The third-order valence-electron chi connectivity index (χ3n) is 3.61. The molecule has 2 atom stereocenters.